The molecule has 5 rings (SSSR count). The van der Waals surface area contributed by atoms with E-state index in [1.165, 1.54) is 23.9 Å². The second kappa shape index (κ2) is 11.9. The van der Waals surface area contributed by atoms with Crippen molar-refractivity contribution in [3.63, 3.8) is 0 Å². The molecule has 1 amide bonds. The number of halogens is 3. The van der Waals surface area contributed by atoms with Gasteiger partial charge in [0.05, 0.1) is 36.5 Å². The Balaban J connectivity index is 1.37. The van der Waals surface area contributed by atoms with Gasteiger partial charge in [-0.15, -0.1) is 0 Å². The van der Waals surface area contributed by atoms with Crippen LogP contribution < -0.4 is 20.7 Å². The molecule has 0 bridgehead atoms. The first-order valence-corrected chi connectivity index (χ1v) is 14.4. The van der Waals surface area contributed by atoms with Crippen LogP contribution in [0, 0.1) is 17.8 Å². The maximum atomic E-state index is 13.6. The first-order chi connectivity index (χ1) is 20.0. The summed E-state index contributed by atoms with van der Waals surface area (Å²) in [6.07, 6.45) is 4.30. The van der Waals surface area contributed by atoms with Crippen LogP contribution in [0.15, 0.2) is 41.7 Å². The van der Waals surface area contributed by atoms with E-state index >= 15 is 0 Å². The summed E-state index contributed by atoms with van der Waals surface area (Å²) in [5.74, 6) is 6.95. The van der Waals surface area contributed by atoms with E-state index < -0.39 is 11.6 Å². The Morgan fingerprint density at radius 3 is 2.88 bits per heavy atom. The largest absolute Gasteiger partial charge is 0.495 e. The number of anilines is 2. The number of rotatable bonds is 9. The molecule has 2 aliphatic rings. The molecule has 224 valence electrons. The minimum absolute atomic E-state index is 0.0296. The molecule has 42 heavy (non-hydrogen) atoms. The number of ether oxygens (including phenoxy) is 1. The van der Waals surface area contributed by atoms with Crippen molar-refractivity contribution in [1.82, 2.24) is 19.6 Å². The molecule has 2 fully saturated rings. The van der Waals surface area contributed by atoms with Crippen molar-refractivity contribution in [3.05, 3.63) is 47.8 Å². The van der Waals surface area contributed by atoms with Crippen molar-refractivity contribution >= 4 is 34.7 Å². The fraction of sp³-hybridized carbons (Fsp3) is 0.448. The Morgan fingerprint density at radius 2 is 2.17 bits per heavy atom. The summed E-state index contributed by atoms with van der Waals surface area (Å²) in [6.45, 7) is 3.69. The van der Waals surface area contributed by atoms with Crippen LogP contribution in [0.1, 0.15) is 35.7 Å². The molecule has 9 nitrogen and oxygen atoms in total. The zero-order valence-corrected chi connectivity index (χ0v) is 24.3. The molecule has 1 saturated carbocycles. The lowest BCUT2D eigenvalue weighted by Gasteiger charge is -2.30. The highest BCUT2D eigenvalue weighted by molar-refractivity contribution is 8.00. The number of aromatic nitrogens is 2. The molecule has 4 N–H and O–H groups in total. The van der Waals surface area contributed by atoms with Crippen molar-refractivity contribution < 1.29 is 27.8 Å². The molecule has 3 heterocycles. The lowest BCUT2D eigenvalue weighted by atomic mass is 10.1. The van der Waals surface area contributed by atoms with Crippen LogP contribution >= 0.6 is 11.8 Å². The summed E-state index contributed by atoms with van der Waals surface area (Å²) < 4.78 is 47.6. The third-order valence-electron chi connectivity index (χ3n) is 7.55. The zero-order chi connectivity index (χ0) is 30.1. The minimum atomic E-state index is -4.50. The highest BCUT2D eigenvalue weighted by atomic mass is 32.2. The summed E-state index contributed by atoms with van der Waals surface area (Å²) in [5.41, 5.74) is -2.95. The molecule has 13 heteroatoms. The first kappa shape index (κ1) is 29.9. The van der Waals surface area contributed by atoms with Gasteiger partial charge in [0, 0.05) is 54.9 Å². The van der Waals surface area contributed by atoms with Gasteiger partial charge in [0.1, 0.15) is 10.8 Å². The maximum absolute atomic E-state index is 13.6. The number of aliphatic hydroxyl groups excluding tert-OH is 1. The molecule has 0 radical (unpaired) electrons. The van der Waals surface area contributed by atoms with Crippen LogP contribution in [0.4, 0.5) is 24.7 Å². The highest BCUT2D eigenvalue weighted by Gasteiger charge is 2.56. The maximum Gasteiger partial charge on any atom is 0.447 e. The quantitative estimate of drug-likeness (QED) is 0.215. The van der Waals surface area contributed by atoms with Crippen LogP contribution in [0.25, 0.3) is 5.52 Å². The molecule has 0 spiro atoms. The van der Waals surface area contributed by atoms with Crippen LogP contribution in [0.2, 0.25) is 0 Å². The Labute approximate surface area is 246 Å². The highest BCUT2D eigenvalue weighted by Crippen LogP contribution is 2.51. The van der Waals surface area contributed by atoms with Gasteiger partial charge in [-0.2, -0.15) is 13.2 Å². The molecule has 1 aromatic carbocycles. The van der Waals surface area contributed by atoms with Gasteiger partial charge in [0.25, 0.3) is 5.91 Å². The number of hydrogen-bond acceptors (Lipinski definition) is 8. The Hall–Kier alpha value is -3.60. The molecule has 2 aromatic heterocycles. The third-order valence-corrected chi connectivity index (χ3v) is 8.39. The predicted octanol–water partition coefficient (Wildman–Crippen LogP) is 4.04. The fourth-order valence-electron chi connectivity index (χ4n) is 5.32. The smallest absolute Gasteiger partial charge is 0.447 e. The molecule has 1 aliphatic carbocycles. The average Bonchev–Trinajstić information content (AvgIpc) is 3.53. The van der Waals surface area contributed by atoms with E-state index in [9.17, 15) is 23.1 Å². The van der Waals surface area contributed by atoms with E-state index in [2.05, 4.69) is 44.7 Å². The Morgan fingerprint density at radius 1 is 1.36 bits per heavy atom. The second-order valence-electron chi connectivity index (χ2n) is 10.8. The summed E-state index contributed by atoms with van der Waals surface area (Å²) in [6, 6.07) is 6.45. The van der Waals surface area contributed by atoms with Gasteiger partial charge in [-0.25, -0.2) is 4.98 Å². The molecular weight excluding hydrogens is 569 g/mol. The number of aliphatic hydroxyl groups is 1. The fourth-order valence-corrected chi connectivity index (χ4v) is 6.02. The number of carbonyl (C=O) groups excluding carboxylic acids is 1. The number of likely N-dealkylation sites (tertiary alicyclic amines) is 1. The Bertz CT molecular complexity index is 1530. The van der Waals surface area contributed by atoms with E-state index in [0.717, 1.165) is 25.9 Å². The van der Waals surface area contributed by atoms with Gasteiger partial charge in [-0.1, -0.05) is 11.8 Å². The number of amides is 1. The number of thioether (sulfide) groups is 1. The van der Waals surface area contributed by atoms with E-state index in [1.54, 1.807) is 31.2 Å². The zero-order valence-electron chi connectivity index (χ0n) is 23.5. The number of benzene rings is 1. The van der Waals surface area contributed by atoms with Crippen LogP contribution in [0.3, 0.4) is 0 Å². The van der Waals surface area contributed by atoms with Crippen LogP contribution in [0.5, 0.6) is 5.75 Å². The minimum Gasteiger partial charge on any atom is -0.495 e. The van der Waals surface area contributed by atoms with Gasteiger partial charge in [-0.05, 0) is 57.0 Å². The number of piperidine rings is 1. The van der Waals surface area contributed by atoms with Crippen molar-refractivity contribution in [1.29, 1.82) is 0 Å². The van der Waals surface area contributed by atoms with Gasteiger partial charge >= 0.3 is 5.51 Å². The molecule has 3 atom stereocenters. The van der Waals surface area contributed by atoms with Crippen molar-refractivity contribution in [2.45, 2.75) is 41.9 Å². The van der Waals surface area contributed by atoms with Crippen molar-refractivity contribution in [2.24, 2.45) is 5.92 Å². The topological polar surface area (TPSA) is 103 Å². The van der Waals surface area contributed by atoms with Gasteiger partial charge in [-0.3, -0.25) is 4.79 Å². The molecular formula is C29H33F3N6O3S. The van der Waals surface area contributed by atoms with Gasteiger partial charge in [0.15, 0.2) is 5.82 Å². The normalized spacial score (nSPS) is 20.7. The summed E-state index contributed by atoms with van der Waals surface area (Å²) >= 11 is -0.204. The predicted molar refractivity (Wildman–Crippen MR) is 156 cm³/mol. The monoisotopic (exact) mass is 602 g/mol. The van der Waals surface area contributed by atoms with E-state index in [0.29, 0.717) is 34.3 Å². The lowest BCUT2D eigenvalue weighted by molar-refractivity contribution is -0.0329. The standard InChI is InChI=1S/C29H33F3N6O3S/c1-18(39)16-35-26(40)19-6-7-24(41-3)22(13-19)33-9-4-5-20-14-23-25(36-28-8-11-37(2)17-21(28)15-28)34-10-12-38(23)27(20)42-29(30,31)32/h6-7,10,12-14,18,21,33,39H,8-9,11,15-17H2,1-3H3,(H,34,36)(H,35,40)/t18-,21+,28-/m1/s1. The SMILES string of the molecule is COc1ccc(C(=O)NC[C@@H](C)O)cc1NCC#Cc1cc2c(N[C@@]34CCN(C)C[C@@H]3C4)nccn2c1SC(F)(F)F. The third kappa shape index (κ3) is 6.72. The van der Waals surface area contributed by atoms with E-state index in [1.807, 2.05) is 0 Å². The molecule has 0 unspecified atom stereocenters. The van der Waals surface area contributed by atoms with Crippen molar-refractivity contribution in [2.75, 3.05) is 51.0 Å². The summed E-state index contributed by atoms with van der Waals surface area (Å²) in [5, 5.41) is 18.7. The van der Waals surface area contributed by atoms with Crippen molar-refractivity contribution in [3.8, 4) is 17.6 Å². The number of methoxy groups -OCH3 is 1. The van der Waals surface area contributed by atoms with Gasteiger partial charge < -0.3 is 35.1 Å². The summed E-state index contributed by atoms with van der Waals surface area (Å²) in [4.78, 5) is 19.2. The van der Waals surface area contributed by atoms with Crippen LogP contribution in [-0.4, -0.2) is 82.8 Å². The number of hydrogen-bond donors (Lipinski definition) is 4. The van der Waals surface area contributed by atoms with Crippen LogP contribution in [-0.2, 0) is 0 Å². The number of alkyl halides is 3. The first-order valence-electron chi connectivity index (χ1n) is 13.6. The van der Waals surface area contributed by atoms with Gasteiger partial charge in [0.2, 0.25) is 0 Å². The molecule has 1 aliphatic heterocycles. The number of fused-ring (bicyclic) bond motifs is 2. The second-order valence-corrected chi connectivity index (χ2v) is 11.8. The molecule has 3 aromatic rings. The summed E-state index contributed by atoms with van der Waals surface area (Å²) in [7, 11) is 3.58. The van der Waals surface area contributed by atoms with E-state index in [-0.39, 0.29) is 46.9 Å². The van der Waals surface area contributed by atoms with E-state index in [4.69, 9.17) is 4.74 Å². The number of nitrogens with one attached hydrogen (secondary N) is 3. The lowest BCUT2D eigenvalue weighted by Crippen LogP contribution is -2.39. The molecule has 1 saturated heterocycles. The number of nitrogens with zero attached hydrogens (tertiary/aromatic N) is 3. The Kier molecular flexibility index (Phi) is 8.50. The number of carbonyl (C=O) groups is 1. The average molecular weight is 603 g/mol.